The zero-order chi connectivity index (χ0) is 23.7. The van der Waals surface area contributed by atoms with Gasteiger partial charge in [0.2, 0.25) is 0 Å². The fourth-order valence-corrected chi connectivity index (χ4v) is 5.54. The van der Waals surface area contributed by atoms with Gasteiger partial charge in [0.05, 0.1) is 23.5 Å². The van der Waals surface area contributed by atoms with Crippen LogP contribution in [0, 0.1) is 0 Å². The summed E-state index contributed by atoms with van der Waals surface area (Å²) in [5.41, 5.74) is 11.0. The Balaban J connectivity index is 1.04. The van der Waals surface area contributed by atoms with Crippen LogP contribution in [-0.4, -0.2) is 47.1 Å². The third-order valence-electron chi connectivity index (χ3n) is 6.44. The van der Waals surface area contributed by atoms with Crippen LogP contribution in [0.25, 0.3) is 22.2 Å². The van der Waals surface area contributed by atoms with Gasteiger partial charge in [0.25, 0.3) is 0 Å². The fraction of sp³-hybridized carbons (Fsp3) is 0.520. The molecule has 180 valence electrons. The molecule has 2 unspecified atom stereocenters. The minimum atomic E-state index is -0.0308. The molecule has 0 radical (unpaired) electrons. The van der Waals surface area contributed by atoms with Crippen LogP contribution >= 0.6 is 11.8 Å². The molecule has 1 saturated heterocycles. The number of nitrogens with two attached hydrogens (primary N) is 1. The average Bonchev–Trinajstić information content (AvgIpc) is 3.52. The number of imidazole rings is 2. The van der Waals surface area contributed by atoms with Crippen LogP contribution in [0.15, 0.2) is 30.9 Å². The summed E-state index contributed by atoms with van der Waals surface area (Å²) >= 11 is 1.97. The first-order chi connectivity index (χ1) is 16.4. The van der Waals surface area contributed by atoms with E-state index in [4.69, 9.17) is 15.5 Å². The molecule has 0 bridgehead atoms. The highest BCUT2D eigenvalue weighted by Gasteiger charge is 2.28. The van der Waals surface area contributed by atoms with Crippen molar-refractivity contribution in [3.8, 4) is 0 Å². The summed E-state index contributed by atoms with van der Waals surface area (Å²) < 4.78 is 8.26. The van der Waals surface area contributed by atoms with E-state index in [0.717, 1.165) is 59.7 Å². The Morgan fingerprint density at radius 2 is 2.06 bits per heavy atom. The Labute approximate surface area is 204 Å². The lowest BCUT2D eigenvalue weighted by Gasteiger charge is -2.18. The molecule has 34 heavy (non-hydrogen) atoms. The van der Waals surface area contributed by atoms with Crippen LogP contribution < -0.4 is 5.73 Å². The van der Waals surface area contributed by atoms with Gasteiger partial charge in [0, 0.05) is 12.2 Å². The van der Waals surface area contributed by atoms with Crippen molar-refractivity contribution in [3.63, 3.8) is 0 Å². The minimum absolute atomic E-state index is 0.0308. The number of unbranched alkanes of at least 4 members (excludes halogenated alkanes) is 1. The molecule has 0 aliphatic carbocycles. The standard InChI is InChI=1S/C25H33N7OS/c1-25(2,3)16-7-9-18-19(12-16)31-20(30-18)6-4-5-11-34-13-17-8-10-21(33-17)32-15-29-22-23(26)27-14-28-24(22)32/h7,9,12,14-15,17,21H,4-6,8,10-11,13H2,1-3H3,(H,30,31)(H2,26,27,28). The minimum Gasteiger partial charge on any atom is -0.382 e. The van der Waals surface area contributed by atoms with Crippen LogP contribution in [0.3, 0.4) is 0 Å². The molecule has 9 heteroatoms. The van der Waals surface area contributed by atoms with E-state index < -0.39 is 0 Å². The smallest absolute Gasteiger partial charge is 0.167 e. The predicted molar refractivity (Wildman–Crippen MR) is 138 cm³/mol. The summed E-state index contributed by atoms with van der Waals surface area (Å²) in [6.07, 6.45) is 8.78. The van der Waals surface area contributed by atoms with E-state index in [2.05, 4.69) is 58.9 Å². The molecule has 1 aromatic carbocycles. The highest BCUT2D eigenvalue weighted by molar-refractivity contribution is 7.99. The molecule has 0 spiro atoms. The van der Waals surface area contributed by atoms with E-state index in [1.807, 2.05) is 16.3 Å². The first-order valence-electron chi connectivity index (χ1n) is 12.0. The molecular formula is C25H33N7OS. The molecule has 3 aromatic heterocycles. The average molecular weight is 480 g/mol. The second-order valence-electron chi connectivity index (χ2n) is 10.1. The summed E-state index contributed by atoms with van der Waals surface area (Å²) in [6.45, 7) is 6.72. The molecule has 0 saturated carbocycles. The Hall–Kier alpha value is -2.65. The molecule has 5 rings (SSSR count). The van der Waals surface area contributed by atoms with Gasteiger partial charge >= 0.3 is 0 Å². The zero-order valence-electron chi connectivity index (χ0n) is 20.1. The fourth-order valence-electron chi connectivity index (χ4n) is 4.45. The number of nitrogens with zero attached hydrogens (tertiary/aromatic N) is 5. The highest BCUT2D eigenvalue weighted by atomic mass is 32.2. The second-order valence-corrected chi connectivity index (χ2v) is 11.2. The van der Waals surface area contributed by atoms with E-state index in [9.17, 15) is 0 Å². The lowest BCUT2D eigenvalue weighted by molar-refractivity contribution is 0.0153. The first-order valence-corrected chi connectivity index (χ1v) is 13.2. The number of hydrogen-bond donors (Lipinski definition) is 2. The van der Waals surface area contributed by atoms with Gasteiger partial charge < -0.3 is 15.5 Å². The van der Waals surface area contributed by atoms with E-state index in [0.29, 0.717) is 11.3 Å². The monoisotopic (exact) mass is 479 g/mol. The van der Waals surface area contributed by atoms with E-state index in [1.54, 1.807) is 6.33 Å². The Morgan fingerprint density at radius 1 is 1.18 bits per heavy atom. The van der Waals surface area contributed by atoms with Gasteiger partial charge in [0.1, 0.15) is 23.9 Å². The first kappa shape index (κ1) is 23.1. The number of aryl methyl sites for hydroxylation is 1. The molecule has 4 heterocycles. The Morgan fingerprint density at radius 3 is 2.91 bits per heavy atom. The van der Waals surface area contributed by atoms with Crippen LogP contribution in [0.5, 0.6) is 0 Å². The number of hydrogen-bond acceptors (Lipinski definition) is 7. The lowest BCUT2D eigenvalue weighted by Crippen LogP contribution is -2.13. The molecule has 2 atom stereocenters. The van der Waals surface area contributed by atoms with Gasteiger partial charge in [-0.05, 0) is 54.5 Å². The highest BCUT2D eigenvalue weighted by Crippen LogP contribution is 2.32. The van der Waals surface area contributed by atoms with Crippen molar-refractivity contribution in [1.82, 2.24) is 29.5 Å². The summed E-state index contributed by atoms with van der Waals surface area (Å²) in [6, 6.07) is 6.57. The van der Waals surface area contributed by atoms with Crippen molar-refractivity contribution in [3.05, 3.63) is 42.2 Å². The van der Waals surface area contributed by atoms with Gasteiger partial charge in [-0.15, -0.1) is 0 Å². The molecule has 4 aromatic rings. The van der Waals surface area contributed by atoms with E-state index in [1.165, 1.54) is 18.3 Å². The summed E-state index contributed by atoms with van der Waals surface area (Å²) in [5.74, 6) is 3.65. The number of thioether (sulfide) groups is 1. The maximum Gasteiger partial charge on any atom is 0.167 e. The van der Waals surface area contributed by atoms with Crippen LogP contribution in [0.1, 0.15) is 64.1 Å². The molecule has 1 aliphatic heterocycles. The number of nitrogens with one attached hydrogen (secondary N) is 1. The third-order valence-corrected chi connectivity index (χ3v) is 7.62. The predicted octanol–water partition coefficient (Wildman–Crippen LogP) is 5.02. The number of benzene rings is 1. The van der Waals surface area contributed by atoms with Gasteiger partial charge in [-0.2, -0.15) is 11.8 Å². The summed E-state index contributed by atoms with van der Waals surface area (Å²) in [4.78, 5) is 21.0. The molecule has 0 amide bonds. The lowest BCUT2D eigenvalue weighted by atomic mass is 9.87. The van der Waals surface area contributed by atoms with Crippen molar-refractivity contribution in [2.24, 2.45) is 0 Å². The third kappa shape index (κ3) is 4.90. The molecular weight excluding hydrogens is 446 g/mol. The normalized spacial score (nSPS) is 18.9. The summed E-state index contributed by atoms with van der Waals surface area (Å²) in [7, 11) is 0. The molecule has 8 nitrogen and oxygen atoms in total. The molecule has 3 N–H and O–H groups in total. The van der Waals surface area contributed by atoms with Crippen molar-refractivity contribution in [2.75, 3.05) is 17.2 Å². The number of rotatable bonds is 8. The maximum atomic E-state index is 6.28. The van der Waals surface area contributed by atoms with Crippen molar-refractivity contribution in [1.29, 1.82) is 0 Å². The van der Waals surface area contributed by atoms with Gasteiger partial charge in [-0.25, -0.2) is 19.9 Å². The van der Waals surface area contributed by atoms with E-state index >= 15 is 0 Å². The number of ether oxygens (including phenoxy) is 1. The number of anilines is 1. The second kappa shape index (κ2) is 9.54. The topological polar surface area (TPSA) is 108 Å². The van der Waals surface area contributed by atoms with Crippen LogP contribution in [0.4, 0.5) is 5.82 Å². The molecule has 1 aliphatic rings. The number of aromatic nitrogens is 6. The van der Waals surface area contributed by atoms with Gasteiger partial charge in [-0.3, -0.25) is 4.57 Å². The van der Waals surface area contributed by atoms with Crippen molar-refractivity contribution >= 4 is 39.8 Å². The van der Waals surface area contributed by atoms with Crippen LogP contribution in [0.2, 0.25) is 0 Å². The van der Waals surface area contributed by atoms with E-state index in [-0.39, 0.29) is 17.7 Å². The number of H-pyrrole nitrogens is 1. The largest absolute Gasteiger partial charge is 0.382 e. The number of fused-ring (bicyclic) bond motifs is 2. The van der Waals surface area contributed by atoms with Gasteiger partial charge in [0.15, 0.2) is 11.5 Å². The maximum absolute atomic E-state index is 6.28. The number of aromatic amines is 1. The Kier molecular flexibility index (Phi) is 6.48. The molecule has 1 fully saturated rings. The summed E-state index contributed by atoms with van der Waals surface area (Å²) in [5, 5.41) is 0. The Bertz CT molecular complexity index is 1280. The van der Waals surface area contributed by atoms with Crippen molar-refractivity contribution < 1.29 is 4.74 Å². The SMILES string of the molecule is CC(C)(C)c1ccc2nc(CCCCSCC3CCC(n4cnc5c(N)ncnc54)O3)[nH]c2c1. The number of nitrogen functional groups attached to an aromatic ring is 1. The van der Waals surface area contributed by atoms with Gasteiger partial charge in [-0.1, -0.05) is 26.8 Å². The van der Waals surface area contributed by atoms with Crippen molar-refractivity contribution in [2.45, 2.75) is 70.6 Å². The zero-order valence-corrected chi connectivity index (χ0v) is 20.9. The quantitative estimate of drug-likeness (QED) is 0.342. The van der Waals surface area contributed by atoms with Crippen LogP contribution in [-0.2, 0) is 16.6 Å².